The molecule has 2 saturated heterocycles. The van der Waals surface area contributed by atoms with E-state index in [9.17, 15) is 0 Å². The minimum absolute atomic E-state index is 0.270. The topological polar surface area (TPSA) is 47.1 Å². The standard InChI is InChI=1S/C22H29N3O3/c1-26-21-4-2-19(3-5-21)14-25-11-13-28-22(17-25)16-24(10-12-27-18-22)15-20-6-8-23-9-7-20/h2-9H,10-18H2,1H3. The summed E-state index contributed by atoms with van der Waals surface area (Å²) in [6.45, 7) is 7.58. The van der Waals surface area contributed by atoms with E-state index in [2.05, 4.69) is 39.0 Å². The number of ether oxygens (including phenoxy) is 3. The number of benzene rings is 1. The molecule has 1 aromatic carbocycles. The lowest BCUT2D eigenvalue weighted by Gasteiger charge is -2.43. The molecule has 3 heterocycles. The molecule has 2 aromatic rings. The molecule has 1 atom stereocenters. The van der Waals surface area contributed by atoms with Gasteiger partial charge in [-0.1, -0.05) is 12.1 Å². The summed E-state index contributed by atoms with van der Waals surface area (Å²) in [5.74, 6) is 0.895. The van der Waals surface area contributed by atoms with Gasteiger partial charge in [0.2, 0.25) is 0 Å². The molecule has 1 aromatic heterocycles. The fraction of sp³-hybridized carbons (Fsp3) is 0.500. The van der Waals surface area contributed by atoms with Crippen LogP contribution >= 0.6 is 0 Å². The smallest absolute Gasteiger partial charge is 0.118 e. The molecule has 6 nitrogen and oxygen atoms in total. The van der Waals surface area contributed by atoms with E-state index in [1.54, 1.807) is 7.11 Å². The Hall–Kier alpha value is -1.99. The Morgan fingerprint density at radius 3 is 2.25 bits per heavy atom. The first kappa shape index (κ1) is 19.3. The van der Waals surface area contributed by atoms with Gasteiger partial charge < -0.3 is 14.2 Å². The van der Waals surface area contributed by atoms with Crippen molar-refractivity contribution in [2.45, 2.75) is 18.7 Å². The predicted molar refractivity (Wildman–Crippen MR) is 107 cm³/mol. The zero-order valence-corrected chi connectivity index (χ0v) is 16.5. The highest BCUT2D eigenvalue weighted by atomic mass is 16.5. The number of nitrogens with zero attached hydrogens (tertiary/aromatic N) is 3. The van der Waals surface area contributed by atoms with Gasteiger partial charge in [-0.15, -0.1) is 0 Å². The lowest BCUT2D eigenvalue weighted by molar-refractivity contribution is -0.143. The summed E-state index contributed by atoms with van der Waals surface area (Å²) >= 11 is 0. The van der Waals surface area contributed by atoms with Crippen molar-refractivity contribution < 1.29 is 14.2 Å². The molecule has 28 heavy (non-hydrogen) atoms. The van der Waals surface area contributed by atoms with Gasteiger partial charge >= 0.3 is 0 Å². The molecule has 0 bridgehead atoms. The number of aromatic nitrogens is 1. The Morgan fingerprint density at radius 1 is 0.929 bits per heavy atom. The molecule has 6 heteroatoms. The van der Waals surface area contributed by atoms with Gasteiger partial charge in [-0.05, 0) is 35.4 Å². The van der Waals surface area contributed by atoms with Crippen LogP contribution in [-0.2, 0) is 22.6 Å². The maximum absolute atomic E-state index is 6.32. The van der Waals surface area contributed by atoms with Gasteiger partial charge in [0.15, 0.2) is 0 Å². The van der Waals surface area contributed by atoms with E-state index >= 15 is 0 Å². The van der Waals surface area contributed by atoms with Crippen LogP contribution in [0.15, 0.2) is 48.8 Å². The zero-order valence-electron chi connectivity index (χ0n) is 16.5. The van der Waals surface area contributed by atoms with Crippen LogP contribution in [-0.4, -0.2) is 73.5 Å². The summed E-state index contributed by atoms with van der Waals surface area (Å²) in [6.07, 6.45) is 3.71. The number of pyridine rings is 1. The Morgan fingerprint density at radius 2 is 1.57 bits per heavy atom. The average molecular weight is 383 g/mol. The Kier molecular flexibility index (Phi) is 6.22. The van der Waals surface area contributed by atoms with Crippen LogP contribution in [0.25, 0.3) is 0 Å². The second-order valence-electron chi connectivity index (χ2n) is 7.71. The van der Waals surface area contributed by atoms with E-state index in [-0.39, 0.29) is 5.60 Å². The zero-order chi connectivity index (χ0) is 19.2. The minimum Gasteiger partial charge on any atom is -0.497 e. The SMILES string of the molecule is COc1ccc(CN2CCOC3(COCCN(Cc4ccncc4)C3)C2)cc1. The maximum atomic E-state index is 6.32. The van der Waals surface area contributed by atoms with Crippen LogP contribution in [0, 0.1) is 0 Å². The first-order valence-electron chi connectivity index (χ1n) is 9.93. The third kappa shape index (κ3) is 4.89. The molecule has 2 aliphatic heterocycles. The van der Waals surface area contributed by atoms with Crippen LogP contribution in [0.2, 0.25) is 0 Å². The lowest BCUT2D eigenvalue weighted by Crippen LogP contribution is -2.58. The molecular formula is C22H29N3O3. The molecule has 0 amide bonds. The van der Waals surface area contributed by atoms with Crippen LogP contribution in [0.4, 0.5) is 0 Å². The number of morpholine rings is 1. The molecule has 0 saturated carbocycles. The predicted octanol–water partition coefficient (Wildman–Crippen LogP) is 2.19. The Bertz CT molecular complexity index is 740. The summed E-state index contributed by atoms with van der Waals surface area (Å²) in [7, 11) is 1.70. The third-order valence-corrected chi connectivity index (χ3v) is 5.48. The fourth-order valence-electron chi connectivity index (χ4n) is 4.10. The molecule has 1 spiro atoms. The maximum Gasteiger partial charge on any atom is 0.118 e. The molecule has 4 rings (SSSR count). The van der Waals surface area contributed by atoms with Crippen LogP contribution < -0.4 is 4.74 Å². The number of methoxy groups -OCH3 is 1. The van der Waals surface area contributed by atoms with E-state index in [0.717, 1.165) is 58.2 Å². The Labute approximate surface area is 167 Å². The van der Waals surface area contributed by atoms with Gasteiger partial charge in [-0.25, -0.2) is 0 Å². The number of hydrogen-bond donors (Lipinski definition) is 0. The molecule has 1 unspecified atom stereocenters. The van der Waals surface area contributed by atoms with Crippen molar-refractivity contribution in [1.82, 2.24) is 14.8 Å². The van der Waals surface area contributed by atoms with Crippen LogP contribution in [0.5, 0.6) is 5.75 Å². The van der Waals surface area contributed by atoms with Crippen molar-refractivity contribution >= 4 is 0 Å². The second-order valence-corrected chi connectivity index (χ2v) is 7.71. The highest BCUT2D eigenvalue weighted by Gasteiger charge is 2.40. The largest absolute Gasteiger partial charge is 0.497 e. The summed E-state index contributed by atoms with van der Waals surface area (Å²) in [4.78, 5) is 9.04. The summed E-state index contributed by atoms with van der Waals surface area (Å²) < 4.78 is 17.5. The highest BCUT2D eigenvalue weighted by molar-refractivity contribution is 5.27. The first-order valence-corrected chi connectivity index (χ1v) is 9.93. The third-order valence-electron chi connectivity index (χ3n) is 5.48. The summed E-state index contributed by atoms with van der Waals surface area (Å²) in [6, 6.07) is 12.5. The first-order chi connectivity index (χ1) is 13.7. The van der Waals surface area contributed by atoms with Crippen molar-refractivity contribution in [1.29, 1.82) is 0 Å². The van der Waals surface area contributed by atoms with E-state index in [1.807, 2.05) is 24.5 Å². The second kappa shape index (κ2) is 9.01. The summed E-state index contributed by atoms with van der Waals surface area (Å²) in [5, 5.41) is 0. The van der Waals surface area contributed by atoms with Crippen molar-refractivity contribution in [3.05, 3.63) is 59.9 Å². The minimum atomic E-state index is -0.270. The van der Waals surface area contributed by atoms with Gasteiger partial charge in [0.05, 0.1) is 26.9 Å². The molecule has 2 aliphatic rings. The monoisotopic (exact) mass is 383 g/mol. The van der Waals surface area contributed by atoms with E-state index in [1.165, 1.54) is 11.1 Å². The Balaban J connectivity index is 1.41. The molecule has 2 fully saturated rings. The van der Waals surface area contributed by atoms with Crippen molar-refractivity contribution in [2.75, 3.05) is 53.1 Å². The lowest BCUT2D eigenvalue weighted by atomic mass is 10.0. The molecule has 0 aliphatic carbocycles. The van der Waals surface area contributed by atoms with Gasteiger partial charge in [-0.2, -0.15) is 0 Å². The molecular weight excluding hydrogens is 354 g/mol. The van der Waals surface area contributed by atoms with Gasteiger partial charge in [-0.3, -0.25) is 14.8 Å². The average Bonchev–Trinajstić information content (AvgIpc) is 2.91. The van der Waals surface area contributed by atoms with Gasteiger partial charge in [0.25, 0.3) is 0 Å². The van der Waals surface area contributed by atoms with Crippen molar-refractivity contribution in [3.63, 3.8) is 0 Å². The van der Waals surface area contributed by atoms with E-state index < -0.39 is 0 Å². The number of hydrogen-bond acceptors (Lipinski definition) is 6. The van der Waals surface area contributed by atoms with E-state index in [0.29, 0.717) is 6.61 Å². The van der Waals surface area contributed by atoms with Gasteiger partial charge in [0, 0.05) is 51.7 Å². The fourth-order valence-corrected chi connectivity index (χ4v) is 4.10. The molecule has 0 N–H and O–H groups in total. The van der Waals surface area contributed by atoms with Crippen molar-refractivity contribution in [2.24, 2.45) is 0 Å². The van der Waals surface area contributed by atoms with Crippen molar-refractivity contribution in [3.8, 4) is 5.75 Å². The van der Waals surface area contributed by atoms with Crippen LogP contribution in [0.3, 0.4) is 0 Å². The normalized spacial score (nSPS) is 24.2. The quantitative estimate of drug-likeness (QED) is 0.789. The highest BCUT2D eigenvalue weighted by Crippen LogP contribution is 2.25. The van der Waals surface area contributed by atoms with Gasteiger partial charge in [0.1, 0.15) is 11.4 Å². The molecule has 0 radical (unpaired) electrons. The summed E-state index contributed by atoms with van der Waals surface area (Å²) in [5.41, 5.74) is 2.30. The molecule has 150 valence electrons. The number of rotatable bonds is 5. The van der Waals surface area contributed by atoms with E-state index in [4.69, 9.17) is 14.2 Å². The van der Waals surface area contributed by atoms with Crippen LogP contribution in [0.1, 0.15) is 11.1 Å².